The molecule has 2 rings (SSSR count). The molecule has 0 saturated carbocycles. The number of benzene rings is 2. The van der Waals surface area contributed by atoms with Gasteiger partial charge in [-0.05, 0) is 42.3 Å². The van der Waals surface area contributed by atoms with E-state index in [2.05, 4.69) is 15.9 Å². The first-order valence-electron chi connectivity index (χ1n) is 5.38. The fourth-order valence-electron chi connectivity index (χ4n) is 1.80. The molecule has 2 aromatic carbocycles. The van der Waals surface area contributed by atoms with Crippen molar-refractivity contribution in [2.24, 2.45) is 0 Å². The van der Waals surface area contributed by atoms with E-state index < -0.39 is 6.10 Å². The van der Waals surface area contributed by atoms with Gasteiger partial charge in [-0.2, -0.15) is 0 Å². The highest BCUT2D eigenvalue weighted by Gasteiger charge is 2.16. The van der Waals surface area contributed by atoms with Crippen LogP contribution in [0.4, 0.5) is 0 Å². The highest BCUT2D eigenvalue weighted by atomic mass is 79.9. The molecule has 1 unspecified atom stereocenters. The van der Waals surface area contributed by atoms with Gasteiger partial charge >= 0.3 is 0 Å². The van der Waals surface area contributed by atoms with Crippen molar-refractivity contribution in [3.8, 4) is 0 Å². The third-order valence-electron chi connectivity index (χ3n) is 2.79. The molecule has 0 aliphatic heterocycles. The predicted molar refractivity (Wildman–Crippen MR) is 79.4 cm³/mol. The van der Waals surface area contributed by atoms with Crippen LogP contribution in [0.2, 0.25) is 10.0 Å². The third-order valence-corrected chi connectivity index (χ3v) is 3.85. The monoisotopic (exact) mass is 344 g/mol. The summed E-state index contributed by atoms with van der Waals surface area (Å²) >= 11 is 15.4. The molecule has 0 heterocycles. The van der Waals surface area contributed by atoms with Gasteiger partial charge in [0.15, 0.2) is 0 Å². The number of aliphatic hydroxyl groups is 1. The van der Waals surface area contributed by atoms with E-state index in [1.54, 1.807) is 18.2 Å². The van der Waals surface area contributed by atoms with Gasteiger partial charge in [0.25, 0.3) is 0 Å². The van der Waals surface area contributed by atoms with Gasteiger partial charge < -0.3 is 5.11 Å². The lowest BCUT2D eigenvalue weighted by Crippen LogP contribution is -2.02. The molecule has 0 aliphatic rings. The van der Waals surface area contributed by atoms with E-state index >= 15 is 0 Å². The van der Waals surface area contributed by atoms with Gasteiger partial charge in [-0.3, -0.25) is 0 Å². The van der Waals surface area contributed by atoms with E-state index in [9.17, 15) is 5.11 Å². The molecule has 4 heteroatoms. The van der Waals surface area contributed by atoms with Crippen LogP contribution in [0.1, 0.15) is 22.8 Å². The lowest BCUT2D eigenvalue weighted by Gasteiger charge is -2.16. The smallest absolute Gasteiger partial charge is 0.106 e. The zero-order valence-corrected chi connectivity index (χ0v) is 12.7. The van der Waals surface area contributed by atoms with Gasteiger partial charge in [0.2, 0.25) is 0 Å². The third kappa shape index (κ3) is 2.89. The van der Waals surface area contributed by atoms with Crippen LogP contribution >= 0.6 is 39.1 Å². The van der Waals surface area contributed by atoms with E-state index in [4.69, 9.17) is 23.2 Å². The number of aliphatic hydroxyl groups excluding tert-OH is 1. The Kier molecular flexibility index (Phi) is 4.33. The van der Waals surface area contributed by atoms with Crippen LogP contribution < -0.4 is 0 Å². The summed E-state index contributed by atoms with van der Waals surface area (Å²) in [4.78, 5) is 0. The van der Waals surface area contributed by atoms with Crippen LogP contribution in [0.5, 0.6) is 0 Å². The Morgan fingerprint density at radius 2 is 1.78 bits per heavy atom. The highest BCUT2D eigenvalue weighted by Crippen LogP contribution is 2.32. The average Bonchev–Trinajstić information content (AvgIpc) is 2.31. The molecular weight excluding hydrogens is 335 g/mol. The normalized spacial score (nSPS) is 12.5. The molecule has 0 radical (unpaired) electrons. The van der Waals surface area contributed by atoms with Crippen LogP contribution in [0.15, 0.2) is 40.9 Å². The fourth-order valence-corrected chi connectivity index (χ4v) is 2.69. The second kappa shape index (κ2) is 5.62. The molecule has 0 aliphatic carbocycles. The molecule has 0 saturated heterocycles. The van der Waals surface area contributed by atoms with Gasteiger partial charge in [0.05, 0.1) is 0 Å². The van der Waals surface area contributed by atoms with Gasteiger partial charge in [-0.25, -0.2) is 0 Å². The fraction of sp³-hybridized carbons (Fsp3) is 0.143. The van der Waals surface area contributed by atoms with Gasteiger partial charge in [0.1, 0.15) is 6.10 Å². The first kappa shape index (κ1) is 13.9. The Balaban J connectivity index is 2.47. The summed E-state index contributed by atoms with van der Waals surface area (Å²) in [5, 5.41) is 11.4. The average molecular weight is 346 g/mol. The Morgan fingerprint density at radius 1 is 1.06 bits per heavy atom. The Morgan fingerprint density at radius 3 is 2.44 bits per heavy atom. The first-order valence-corrected chi connectivity index (χ1v) is 6.93. The molecule has 0 amide bonds. The number of hydrogen-bond acceptors (Lipinski definition) is 1. The molecule has 0 aromatic heterocycles. The summed E-state index contributed by atoms with van der Waals surface area (Å²) < 4.78 is 0.923. The Bertz CT molecular complexity index is 584. The summed E-state index contributed by atoms with van der Waals surface area (Å²) in [5.74, 6) is 0. The maximum absolute atomic E-state index is 10.4. The van der Waals surface area contributed by atoms with Crippen molar-refractivity contribution < 1.29 is 5.11 Å². The Labute approximate surface area is 124 Å². The summed E-state index contributed by atoms with van der Waals surface area (Å²) in [6, 6.07) is 10.9. The minimum absolute atomic E-state index is 0.467. The molecule has 94 valence electrons. The quantitative estimate of drug-likeness (QED) is 0.798. The summed E-state index contributed by atoms with van der Waals surface area (Å²) in [6.07, 6.45) is -0.757. The molecule has 0 fully saturated rings. The topological polar surface area (TPSA) is 20.2 Å². The number of hydrogen-bond donors (Lipinski definition) is 1. The molecule has 2 aromatic rings. The molecular formula is C14H11BrCl2O. The first-order chi connectivity index (χ1) is 8.49. The van der Waals surface area contributed by atoms with Crippen molar-refractivity contribution in [1.29, 1.82) is 0 Å². The Hall–Kier alpha value is -0.540. The molecule has 0 spiro atoms. The molecule has 1 atom stereocenters. The van der Waals surface area contributed by atoms with E-state index in [1.807, 2.05) is 25.1 Å². The van der Waals surface area contributed by atoms with Crippen molar-refractivity contribution in [3.63, 3.8) is 0 Å². The van der Waals surface area contributed by atoms with Crippen molar-refractivity contribution in [2.45, 2.75) is 13.0 Å². The van der Waals surface area contributed by atoms with Crippen molar-refractivity contribution in [2.75, 3.05) is 0 Å². The van der Waals surface area contributed by atoms with Gasteiger partial charge in [0, 0.05) is 20.1 Å². The minimum Gasteiger partial charge on any atom is -0.384 e. The number of rotatable bonds is 2. The van der Waals surface area contributed by atoms with E-state index in [-0.39, 0.29) is 0 Å². The van der Waals surface area contributed by atoms with Crippen LogP contribution in [0, 0.1) is 6.92 Å². The molecule has 18 heavy (non-hydrogen) atoms. The predicted octanol–water partition coefficient (Wildman–Crippen LogP) is 5.15. The highest BCUT2D eigenvalue weighted by molar-refractivity contribution is 9.10. The van der Waals surface area contributed by atoms with E-state index in [0.29, 0.717) is 15.6 Å². The molecule has 1 N–H and O–H groups in total. The second-order valence-electron chi connectivity index (χ2n) is 4.07. The van der Waals surface area contributed by atoms with Crippen molar-refractivity contribution >= 4 is 39.1 Å². The lowest BCUT2D eigenvalue weighted by molar-refractivity contribution is 0.219. The zero-order chi connectivity index (χ0) is 13.3. The second-order valence-corrected chi connectivity index (χ2v) is 5.83. The summed E-state index contributed by atoms with van der Waals surface area (Å²) in [5.41, 5.74) is 2.49. The van der Waals surface area contributed by atoms with Crippen LogP contribution in [-0.4, -0.2) is 5.11 Å². The van der Waals surface area contributed by atoms with E-state index in [1.165, 1.54) is 0 Å². The maximum Gasteiger partial charge on any atom is 0.106 e. The molecule has 1 nitrogen and oxygen atoms in total. The largest absolute Gasteiger partial charge is 0.384 e. The summed E-state index contributed by atoms with van der Waals surface area (Å²) in [7, 11) is 0. The zero-order valence-electron chi connectivity index (χ0n) is 9.62. The summed E-state index contributed by atoms with van der Waals surface area (Å²) in [6.45, 7) is 1.95. The van der Waals surface area contributed by atoms with Crippen LogP contribution in [0.25, 0.3) is 0 Å². The standard InChI is InChI=1S/C14H11BrCl2O/c1-8-2-3-9(15)6-12(8)14(18)11-5-4-10(16)7-13(11)17/h2-7,14,18H,1H3. The van der Waals surface area contributed by atoms with Crippen molar-refractivity contribution in [1.82, 2.24) is 0 Å². The van der Waals surface area contributed by atoms with Gasteiger partial charge in [-0.15, -0.1) is 0 Å². The minimum atomic E-state index is -0.757. The molecule has 0 bridgehead atoms. The lowest BCUT2D eigenvalue weighted by atomic mass is 9.97. The van der Waals surface area contributed by atoms with Crippen LogP contribution in [0.3, 0.4) is 0 Å². The number of halogens is 3. The number of aryl methyl sites for hydroxylation is 1. The van der Waals surface area contributed by atoms with Crippen molar-refractivity contribution in [3.05, 3.63) is 67.6 Å². The van der Waals surface area contributed by atoms with E-state index in [0.717, 1.165) is 15.6 Å². The SMILES string of the molecule is Cc1ccc(Br)cc1C(O)c1ccc(Cl)cc1Cl. The van der Waals surface area contributed by atoms with Gasteiger partial charge in [-0.1, -0.05) is 51.3 Å². The van der Waals surface area contributed by atoms with Crippen LogP contribution in [-0.2, 0) is 0 Å². The maximum atomic E-state index is 10.4.